The fourth-order valence-corrected chi connectivity index (χ4v) is 6.54. The molecule has 36 heavy (non-hydrogen) atoms. The van der Waals surface area contributed by atoms with Crippen LogP contribution in [0, 0.1) is 5.41 Å². The highest BCUT2D eigenvalue weighted by Crippen LogP contribution is 2.45. The first-order valence-corrected chi connectivity index (χ1v) is 13.0. The fourth-order valence-electron chi connectivity index (χ4n) is 6.54. The highest BCUT2D eigenvalue weighted by molar-refractivity contribution is 6.25. The Labute approximate surface area is 210 Å². The number of ketones is 2. The molecule has 2 aliphatic carbocycles. The van der Waals surface area contributed by atoms with Gasteiger partial charge in [-0.1, -0.05) is 43.2 Å². The molecular formula is C29H31N3O4. The first kappa shape index (κ1) is 23.1. The number of imide groups is 1. The molecule has 186 valence electrons. The number of Topliss-reactive ketones (excluding diaryl/α,β-unsaturated/α-hetero) is 2. The van der Waals surface area contributed by atoms with E-state index in [0.29, 0.717) is 28.8 Å². The molecule has 2 saturated carbocycles. The van der Waals surface area contributed by atoms with Gasteiger partial charge < -0.3 is 5.32 Å². The van der Waals surface area contributed by atoms with Gasteiger partial charge in [0.05, 0.1) is 23.6 Å². The van der Waals surface area contributed by atoms with Crippen LogP contribution in [-0.2, 0) is 22.7 Å². The third kappa shape index (κ3) is 4.05. The number of nitrogens with zero attached hydrogens (tertiary/aromatic N) is 2. The Kier molecular flexibility index (Phi) is 5.75. The molecule has 1 atom stereocenters. The van der Waals surface area contributed by atoms with Gasteiger partial charge in [0.1, 0.15) is 5.78 Å². The zero-order valence-electron chi connectivity index (χ0n) is 20.4. The van der Waals surface area contributed by atoms with E-state index in [9.17, 15) is 19.2 Å². The summed E-state index contributed by atoms with van der Waals surface area (Å²) in [6, 6.07) is 12.8. The van der Waals surface area contributed by atoms with Gasteiger partial charge in [-0.05, 0) is 47.9 Å². The second-order valence-corrected chi connectivity index (χ2v) is 11.0. The largest absolute Gasteiger partial charge is 0.380 e. The molecule has 1 spiro atoms. The van der Waals surface area contributed by atoms with Gasteiger partial charge in [-0.3, -0.25) is 29.0 Å². The molecule has 1 unspecified atom stereocenters. The number of nitrogens with one attached hydrogen (secondary N) is 1. The average molecular weight is 486 g/mol. The van der Waals surface area contributed by atoms with E-state index in [1.165, 1.54) is 44.3 Å². The summed E-state index contributed by atoms with van der Waals surface area (Å²) in [5.74, 6) is -1.41. The molecule has 2 heterocycles. The van der Waals surface area contributed by atoms with Crippen molar-refractivity contribution in [2.75, 3.05) is 18.4 Å². The van der Waals surface area contributed by atoms with Crippen LogP contribution < -0.4 is 5.32 Å². The Bertz CT molecular complexity index is 1240. The smallest absolute Gasteiger partial charge is 0.264 e. The summed E-state index contributed by atoms with van der Waals surface area (Å²) < 4.78 is 0. The minimum absolute atomic E-state index is 0.135. The molecule has 0 aromatic heterocycles. The van der Waals surface area contributed by atoms with Crippen LogP contribution in [0.5, 0.6) is 0 Å². The van der Waals surface area contributed by atoms with Crippen LogP contribution in [0.15, 0.2) is 42.5 Å². The molecule has 2 amide bonds. The van der Waals surface area contributed by atoms with Crippen molar-refractivity contribution in [2.45, 2.75) is 64.1 Å². The maximum atomic E-state index is 13.3. The van der Waals surface area contributed by atoms with Crippen molar-refractivity contribution in [2.24, 2.45) is 5.41 Å². The van der Waals surface area contributed by atoms with Crippen LogP contribution >= 0.6 is 0 Å². The summed E-state index contributed by atoms with van der Waals surface area (Å²) >= 11 is 0. The maximum absolute atomic E-state index is 13.3. The van der Waals surface area contributed by atoms with Gasteiger partial charge in [0, 0.05) is 38.3 Å². The molecule has 2 aromatic rings. The monoisotopic (exact) mass is 485 g/mol. The van der Waals surface area contributed by atoms with Crippen molar-refractivity contribution < 1.29 is 19.2 Å². The van der Waals surface area contributed by atoms with E-state index in [1.807, 2.05) is 0 Å². The maximum Gasteiger partial charge on any atom is 0.264 e. The van der Waals surface area contributed by atoms with Crippen molar-refractivity contribution in [3.8, 4) is 0 Å². The normalized spacial score (nSPS) is 23.3. The number of hydrogen-bond acceptors (Lipinski definition) is 6. The predicted molar refractivity (Wildman–Crippen MR) is 135 cm³/mol. The van der Waals surface area contributed by atoms with E-state index in [1.54, 1.807) is 18.2 Å². The summed E-state index contributed by atoms with van der Waals surface area (Å²) in [5.41, 5.74) is 4.19. The predicted octanol–water partition coefficient (Wildman–Crippen LogP) is 3.96. The molecule has 2 aromatic carbocycles. The molecule has 2 aliphatic heterocycles. The molecule has 1 saturated heterocycles. The molecule has 3 fully saturated rings. The Balaban J connectivity index is 1.10. The van der Waals surface area contributed by atoms with E-state index in [-0.39, 0.29) is 30.8 Å². The minimum Gasteiger partial charge on any atom is -0.380 e. The highest BCUT2D eigenvalue weighted by atomic mass is 16.2. The van der Waals surface area contributed by atoms with E-state index in [2.05, 4.69) is 34.5 Å². The summed E-state index contributed by atoms with van der Waals surface area (Å²) in [4.78, 5) is 53.9. The SMILES string of the molecule is O=C1CCC(N2C(=O)c3cccc(NCc4ccc(CN5CC6(CCCC6)C5)cc4)c3C2=O)C(=O)C1. The Morgan fingerprint density at radius 2 is 1.61 bits per heavy atom. The summed E-state index contributed by atoms with van der Waals surface area (Å²) in [6.07, 6.45) is 5.76. The van der Waals surface area contributed by atoms with Crippen molar-refractivity contribution in [3.05, 3.63) is 64.7 Å². The third-order valence-electron chi connectivity index (χ3n) is 8.39. The van der Waals surface area contributed by atoms with Gasteiger partial charge in [0.25, 0.3) is 11.8 Å². The van der Waals surface area contributed by atoms with Gasteiger partial charge >= 0.3 is 0 Å². The van der Waals surface area contributed by atoms with Crippen molar-refractivity contribution >= 4 is 29.1 Å². The number of amides is 2. The van der Waals surface area contributed by atoms with Gasteiger partial charge in [0.15, 0.2) is 5.78 Å². The van der Waals surface area contributed by atoms with Gasteiger partial charge in [-0.25, -0.2) is 0 Å². The summed E-state index contributed by atoms with van der Waals surface area (Å²) in [6.45, 7) is 3.95. The minimum atomic E-state index is -0.856. The average Bonchev–Trinajstić information content (AvgIpc) is 3.43. The summed E-state index contributed by atoms with van der Waals surface area (Å²) in [7, 11) is 0. The Morgan fingerprint density at radius 3 is 2.33 bits per heavy atom. The lowest BCUT2D eigenvalue weighted by Crippen LogP contribution is -2.54. The lowest BCUT2D eigenvalue weighted by atomic mass is 9.78. The second kappa shape index (κ2) is 8.96. The van der Waals surface area contributed by atoms with Crippen LogP contribution in [0.1, 0.15) is 76.8 Å². The van der Waals surface area contributed by atoms with Crippen LogP contribution in [0.4, 0.5) is 5.69 Å². The highest BCUT2D eigenvalue weighted by Gasteiger charge is 2.46. The van der Waals surface area contributed by atoms with Crippen LogP contribution in [0.3, 0.4) is 0 Å². The van der Waals surface area contributed by atoms with Crippen LogP contribution in [-0.4, -0.2) is 52.3 Å². The fraction of sp³-hybridized carbons (Fsp3) is 0.448. The number of benzene rings is 2. The molecule has 1 N–H and O–H groups in total. The van der Waals surface area contributed by atoms with Gasteiger partial charge in [0.2, 0.25) is 0 Å². The molecule has 7 nitrogen and oxygen atoms in total. The second-order valence-electron chi connectivity index (χ2n) is 11.0. The quantitative estimate of drug-likeness (QED) is 0.492. The molecule has 6 rings (SSSR count). The number of fused-ring (bicyclic) bond motifs is 1. The first-order valence-electron chi connectivity index (χ1n) is 13.0. The Morgan fingerprint density at radius 1 is 0.889 bits per heavy atom. The van der Waals surface area contributed by atoms with Crippen molar-refractivity contribution in [3.63, 3.8) is 0 Å². The van der Waals surface area contributed by atoms with E-state index in [4.69, 9.17) is 0 Å². The topological polar surface area (TPSA) is 86.8 Å². The first-order chi connectivity index (χ1) is 17.4. The molecule has 4 aliphatic rings. The number of anilines is 1. The standard InChI is InChI=1S/C29H31N3O4/c33-21-10-11-24(25(34)14-21)32-27(35)22-4-3-5-23(26(22)28(32)36)30-15-19-6-8-20(9-7-19)16-31-17-29(18-31)12-1-2-13-29/h3-9,24,30H,1-2,10-18H2. The number of hydrogen-bond donors (Lipinski definition) is 1. The number of rotatable bonds is 6. The van der Waals surface area contributed by atoms with Gasteiger partial charge in [-0.2, -0.15) is 0 Å². The lowest BCUT2D eigenvalue weighted by Gasteiger charge is -2.48. The molecular weight excluding hydrogens is 454 g/mol. The van der Waals surface area contributed by atoms with Crippen molar-refractivity contribution in [1.82, 2.24) is 9.80 Å². The van der Waals surface area contributed by atoms with Crippen LogP contribution in [0.25, 0.3) is 0 Å². The molecule has 7 heteroatoms. The third-order valence-corrected chi connectivity index (χ3v) is 8.39. The van der Waals surface area contributed by atoms with E-state index >= 15 is 0 Å². The number of carbonyl (C=O) groups is 4. The number of carbonyl (C=O) groups excluding carboxylic acids is 4. The number of likely N-dealkylation sites (tertiary alicyclic amines) is 1. The van der Waals surface area contributed by atoms with Crippen LogP contribution in [0.2, 0.25) is 0 Å². The molecule has 0 radical (unpaired) electrons. The lowest BCUT2D eigenvalue weighted by molar-refractivity contribution is -0.132. The zero-order valence-corrected chi connectivity index (χ0v) is 20.4. The van der Waals surface area contributed by atoms with E-state index < -0.39 is 17.9 Å². The molecule has 0 bridgehead atoms. The van der Waals surface area contributed by atoms with Gasteiger partial charge in [-0.15, -0.1) is 0 Å². The zero-order chi connectivity index (χ0) is 24.9. The van der Waals surface area contributed by atoms with Crippen molar-refractivity contribution in [1.29, 1.82) is 0 Å². The Hall–Kier alpha value is -3.32. The summed E-state index contributed by atoms with van der Waals surface area (Å²) in [5, 5.41) is 3.32. The van der Waals surface area contributed by atoms with E-state index in [0.717, 1.165) is 17.0 Å².